The van der Waals surface area contributed by atoms with Gasteiger partial charge in [0, 0.05) is 0 Å². The highest BCUT2D eigenvalue weighted by atomic mass is 16.5. The lowest BCUT2D eigenvalue weighted by atomic mass is 9.72. The maximum Gasteiger partial charge on any atom is 0.338 e. The average Bonchev–Trinajstić information content (AvgIpc) is 2.77. The first-order valence-corrected chi connectivity index (χ1v) is 11.7. The molecule has 0 amide bonds. The first-order chi connectivity index (χ1) is 14.9. The quantitative estimate of drug-likeness (QED) is 0.333. The molecule has 0 aromatic heterocycles. The lowest BCUT2D eigenvalue weighted by Crippen LogP contribution is -2.31. The summed E-state index contributed by atoms with van der Waals surface area (Å²) < 4.78 is 17.3. The number of hydrogen-bond acceptors (Lipinski definition) is 4. The minimum atomic E-state index is -0.231. The van der Waals surface area contributed by atoms with Gasteiger partial charge in [-0.25, -0.2) is 4.79 Å². The van der Waals surface area contributed by atoms with Gasteiger partial charge in [-0.2, -0.15) is 0 Å². The zero-order valence-corrected chi connectivity index (χ0v) is 19.2. The Bertz CT molecular complexity index is 735. The van der Waals surface area contributed by atoms with E-state index >= 15 is 0 Å². The van der Waals surface area contributed by atoms with Crippen molar-refractivity contribution in [3.05, 3.63) is 54.1 Å². The molecule has 3 rings (SSSR count). The Kier molecular flexibility index (Phi) is 8.77. The molecule has 0 N–H and O–H groups in total. The second kappa shape index (κ2) is 11.5. The molecule has 170 valence electrons. The first-order valence-electron chi connectivity index (χ1n) is 11.7. The molecule has 0 saturated heterocycles. The molecule has 0 heterocycles. The molecule has 31 heavy (non-hydrogen) atoms. The topological polar surface area (TPSA) is 44.8 Å². The fourth-order valence-electron chi connectivity index (χ4n) is 4.78. The van der Waals surface area contributed by atoms with Gasteiger partial charge < -0.3 is 14.2 Å². The van der Waals surface area contributed by atoms with Crippen LogP contribution >= 0.6 is 0 Å². The van der Waals surface area contributed by atoms with Gasteiger partial charge in [0.05, 0.1) is 18.3 Å². The van der Waals surface area contributed by atoms with Gasteiger partial charge in [0.1, 0.15) is 18.5 Å². The van der Waals surface area contributed by atoms with Crippen LogP contribution in [0, 0.1) is 11.8 Å². The van der Waals surface area contributed by atoms with Crippen molar-refractivity contribution in [2.24, 2.45) is 11.8 Å². The molecule has 4 heteroatoms. The van der Waals surface area contributed by atoms with Crippen LogP contribution in [-0.4, -0.2) is 31.4 Å². The molecule has 0 unspecified atom stereocenters. The Morgan fingerprint density at radius 3 is 1.84 bits per heavy atom. The van der Waals surface area contributed by atoms with E-state index in [9.17, 15) is 4.79 Å². The molecule has 4 nitrogen and oxygen atoms in total. The van der Waals surface area contributed by atoms with Crippen molar-refractivity contribution in [2.45, 2.75) is 77.4 Å². The third-order valence-electron chi connectivity index (χ3n) is 6.52. The molecule has 0 bridgehead atoms. The SMILES string of the molecule is C=C(C)COc1ccc(C(=O)OC2CCC(C3CCC(OCC(=C)C)CC3)CC2)cc1. The second-order valence-corrected chi connectivity index (χ2v) is 9.52. The largest absolute Gasteiger partial charge is 0.489 e. The van der Waals surface area contributed by atoms with Crippen molar-refractivity contribution in [2.75, 3.05) is 13.2 Å². The zero-order chi connectivity index (χ0) is 22.2. The summed E-state index contributed by atoms with van der Waals surface area (Å²) in [6.07, 6.45) is 9.57. The molecular formula is C27H38O4. The highest BCUT2D eigenvalue weighted by Crippen LogP contribution is 2.39. The van der Waals surface area contributed by atoms with E-state index in [0.29, 0.717) is 24.9 Å². The van der Waals surface area contributed by atoms with Crippen molar-refractivity contribution in [3.63, 3.8) is 0 Å². The standard InChI is InChI=1S/C27H38O4/c1-19(2)17-29-24-11-5-21(6-12-24)22-7-15-26(16-8-22)31-27(28)23-9-13-25(14-10-23)30-18-20(3)4/h9-10,13-14,21-22,24,26H,1,3,5-8,11-12,15-18H2,2,4H3. The monoisotopic (exact) mass is 426 g/mol. The summed E-state index contributed by atoms with van der Waals surface area (Å²) in [6, 6.07) is 7.17. The maximum atomic E-state index is 12.5. The third-order valence-corrected chi connectivity index (χ3v) is 6.52. The van der Waals surface area contributed by atoms with E-state index in [1.54, 1.807) is 12.1 Å². The maximum absolute atomic E-state index is 12.5. The average molecular weight is 427 g/mol. The van der Waals surface area contributed by atoms with Gasteiger partial charge in [-0.15, -0.1) is 0 Å². The second-order valence-electron chi connectivity index (χ2n) is 9.52. The number of benzene rings is 1. The third kappa shape index (κ3) is 7.53. The molecule has 0 radical (unpaired) electrons. The number of rotatable bonds is 9. The first kappa shape index (κ1) is 23.6. The Morgan fingerprint density at radius 1 is 0.806 bits per heavy atom. The number of ether oxygens (including phenoxy) is 3. The number of carbonyl (C=O) groups is 1. The summed E-state index contributed by atoms with van der Waals surface area (Å²) in [5, 5.41) is 0. The molecule has 2 aliphatic rings. The van der Waals surface area contributed by atoms with Crippen LogP contribution in [0.25, 0.3) is 0 Å². The van der Waals surface area contributed by atoms with Crippen LogP contribution in [0.5, 0.6) is 5.75 Å². The van der Waals surface area contributed by atoms with Crippen molar-refractivity contribution >= 4 is 5.97 Å². The molecule has 2 fully saturated rings. The van der Waals surface area contributed by atoms with Crippen LogP contribution in [0.2, 0.25) is 0 Å². The fraction of sp³-hybridized carbons (Fsp3) is 0.593. The van der Waals surface area contributed by atoms with E-state index in [1.165, 1.54) is 25.7 Å². The predicted octanol–water partition coefficient (Wildman–Crippen LogP) is 6.51. The summed E-state index contributed by atoms with van der Waals surface area (Å²) in [5.41, 5.74) is 2.64. The normalized spacial score (nSPS) is 26.1. The summed E-state index contributed by atoms with van der Waals surface area (Å²) in [4.78, 5) is 12.5. The van der Waals surface area contributed by atoms with Crippen LogP contribution in [0.15, 0.2) is 48.6 Å². The lowest BCUT2D eigenvalue weighted by molar-refractivity contribution is -0.0000617. The van der Waals surface area contributed by atoms with E-state index in [1.807, 2.05) is 26.0 Å². The van der Waals surface area contributed by atoms with Gasteiger partial charge >= 0.3 is 5.97 Å². The van der Waals surface area contributed by atoms with E-state index in [-0.39, 0.29) is 12.1 Å². The molecular weight excluding hydrogens is 388 g/mol. The van der Waals surface area contributed by atoms with E-state index in [2.05, 4.69) is 13.2 Å². The van der Waals surface area contributed by atoms with Crippen molar-refractivity contribution < 1.29 is 19.0 Å². The molecule has 0 atom stereocenters. The van der Waals surface area contributed by atoms with Gasteiger partial charge in [-0.05, 0) is 107 Å². The number of esters is 1. The summed E-state index contributed by atoms with van der Waals surface area (Å²) in [6.45, 7) is 12.9. The fourth-order valence-corrected chi connectivity index (χ4v) is 4.78. The van der Waals surface area contributed by atoms with Gasteiger partial charge in [-0.3, -0.25) is 0 Å². The van der Waals surface area contributed by atoms with Crippen LogP contribution in [0.1, 0.15) is 75.6 Å². The zero-order valence-electron chi connectivity index (χ0n) is 19.2. The summed E-state index contributed by atoms with van der Waals surface area (Å²) >= 11 is 0. The van der Waals surface area contributed by atoms with E-state index < -0.39 is 0 Å². The minimum absolute atomic E-state index is 0.0401. The van der Waals surface area contributed by atoms with Crippen LogP contribution in [0.3, 0.4) is 0 Å². The Hall–Kier alpha value is -2.07. The van der Waals surface area contributed by atoms with E-state index in [4.69, 9.17) is 14.2 Å². The van der Waals surface area contributed by atoms with E-state index in [0.717, 1.165) is 54.4 Å². The smallest absolute Gasteiger partial charge is 0.338 e. The Morgan fingerprint density at radius 2 is 1.32 bits per heavy atom. The molecule has 1 aromatic rings. The van der Waals surface area contributed by atoms with Gasteiger partial charge in [0.25, 0.3) is 0 Å². The molecule has 0 aliphatic heterocycles. The highest BCUT2D eigenvalue weighted by molar-refractivity contribution is 5.89. The van der Waals surface area contributed by atoms with Gasteiger partial charge in [-0.1, -0.05) is 18.7 Å². The molecule has 0 spiro atoms. The Labute approximate surface area is 187 Å². The van der Waals surface area contributed by atoms with Crippen molar-refractivity contribution in [1.29, 1.82) is 0 Å². The van der Waals surface area contributed by atoms with Crippen LogP contribution in [-0.2, 0) is 9.47 Å². The summed E-state index contributed by atoms with van der Waals surface area (Å²) in [5.74, 6) is 2.07. The van der Waals surface area contributed by atoms with Crippen LogP contribution in [0.4, 0.5) is 0 Å². The summed E-state index contributed by atoms with van der Waals surface area (Å²) in [7, 11) is 0. The highest BCUT2D eigenvalue weighted by Gasteiger charge is 2.32. The molecule has 2 saturated carbocycles. The molecule has 2 aliphatic carbocycles. The van der Waals surface area contributed by atoms with Gasteiger partial charge in [0.15, 0.2) is 0 Å². The van der Waals surface area contributed by atoms with Gasteiger partial charge in [0.2, 0.25) is 0 Å². The molecule has 1 aromatic carbocycles. The lowest BCUT2D eigenvalue weighted by Gasteiger charge is -2.37. The number of carbonyl (C=O) groups excluding carboxylic acids is 1. The number of hydrogen-bond donors (Lipinski definition) is 0. The Balaban J connectivity index is 1.37. The van der Waals surface area contributed by atoms with Crippen molar-refractivity contribution in [3.8, 4) is 5.75 Å². The van der Waals surface area contributed by atoms with Crippen molar-refractivity contribution in [1.82, 2.24) is 0 Å². The minimum Gasteiger partial charge on any atom is -0.489 e. The predicted molar refractivity (Wildman–Crippen MR) is 124 cm³/mol. The van der Waals surface area contributed by atoms with Crippen LogP contribution < -0.4 is 4.74 Å².